The molecule has 2 heteroatoms. The number of benzene rings is 3. The van der Waals surface area contributed by atoms with E-state index < -0.39 is 0 Å². The first kappa shape index (κ1) is 15.3. The van der Waals surface area contributed by atoms with Crippen LogP contribution in [0.4, 0.5) is 5.69 Å². The summed E-state index contributed by atoms with van der Waals surface area (Å²) in [5, 5.41) is 3.53. The summed E-state index contributed by atoms with van der Waals surface area (Å²) >= 11 is 0. The van der Waals surface area contributed by atoms with Crippen LogP contribution >= 0.6 is 0 Å². The SMILES string of the molecule is [Li+].c1ccc(N[C-](c2ccccc2)c2ccccc2)cc1. The second kappa shape index (κ2) is 7.64. The Hall–Kier alpha value is -2.07. The molecule has 3 aromatic rings. The van der Waals surface area contributed by atoms with Crippen molar-refractivity contribution in [2.75, 3.05) is 5.32 Å². The fourth-order valence-corrected chi connectivity index (χ4v) is 2.19. The second-order valence-corrected chi connectivity index (χ2v) is 4.60. The standard InChI is InChI=1S/C19H16N.Li/c1-4-10-16(11-5-1)19(17-12-6-2-7-13-17)20-18-14-8-3-9-15-18;/h1-15,20H;/q-1;+1. The van der Waals surface area contributed by atoms with E-state index in [0.717, 1.165) is 11.7 Å². The van der Waals surface area contributed by atoms with Crippen molar-refractivity contribution in [3.05, 3.63) is 108 Å². The number of para-hydroxylation sites is 1. The molecule has 0 spiro atoms. The van der Waals surface area contributed by atoms with E-state index in [2.05, 4.69) is 66.0 Å². The van der Waals surface area contributed by atoms with Crippen molar-refractivity contribution in [3.8, 4) is 0 Å². The summed E-state index contributed by atoms with van der Waals surface area (Å²) in [5.74, 6) is 0. The molecule has 3 rings (SSSR count). The van der Waals surface area contributed by atoms with Crippen LogP contribution in [-0.4, -0.2) is 0 Å². The van der Waals surface area contributed by atoms with Gasteiger partial charge in [-0.2, -0.15) is 0 Å². The predicted molar refractivity (Wildman–Crippen MR) is 84.4 cm³/mol. The molecule has 98 valence electrons. The molecule has 0 radical (unpaired) electrons. The monoisotopic (exact) mass is 265 g/mol. The Bertz CT molecular complexity index is 599. The summed E-state index contributed by atoms with van der Waals surface area (Å²) in [4.78, 5) is 0. The molecule has 0 aliphatic carbocycles. The molecule has 0 bridgehead atoms. The van der Waals surface area contributed by atoms with Gasteiger partial charge in [-0.1, -0.05) is 54.6 Å². The normalized spacial score (nSPS) is 9.52. The number of anilines is 1. The van der Waals surface area contributed by atoms with Gasteiger partial charge in [-0.3, -0.25) is 0 Å². The van der Waals surface area contributed by atoms with Gasteiger partial charge in [0.1, 0.15) is 0 Å². The van der Waals surface area contributed by atoms with E-state index in [-0.39, 0.29) is 18.9 Å². The molecule has 0 unspecified atom stereocenters. The molecule has 0 aromatic heterocycles. The van der Waals surface area contributed by atoms with Crippen LogP contribution in [-0.2, 0) is 0 Å². The molecule has 0 atom stereocenters. The Labute approximate surface area is 138 Å². The third-order valence-corrected chi connectivity index (χ3v) is 3.17. The number of hydrogen-bond donors (Lipinski definition) is 1. The minimum Gasteiger partial charge on any atom is -0.387 e. The van der Waals surface area contributed by atoms with Crippen molar-refractivity contribution < 1.29 is 18.9 Å². The van der Waals surface area contributed by atoms with Crippen LogP contribution in [0.1, 0.15) is 11.1 Å². The van der Waals surface area contributed by atoms with Gasteiger partial charge >= 0.3 is 18.9 Å². The zero-order chi connectivity index (χ0) is 13.6. The van der Waals surface area contributed by atoms with Gasteiger partial charge < -0.3 is 5.32 Å². The molecule has 0 fully saturated rings. The Morgan fingerprint density at radius 1 is 0.524 bits per heavy atom. The topological polar surface area (TPSA) is 12.0 Å². The zero-order valence-electron chi connectivity index (χ0n) is 12.2. The summed E-state index contributed by atoms with van der Waals surface area (Å²) in [6.07, 6.45) is 0. The van der Waals surface area contributed by atoms with Crippen LogP contribution in [0.2, 0.25) is 0 Å². The Morgan fingerprint density at radius 2 is 0.905 bits per heavy atom. The minimum absolute atomic E-state index is 0. The van der Waals surface area contributed by atoms with Crippen LogP contribution in [0.5, 0.6) is 0 Å². The molecular formula is C19H16LiN. The number of rotatable bonds is 4. The molecule has 1 nitrogen and oxygen atoms in total. The third kappa shape index (κ3) is 3.95. The molecule has 21 heavy (non-hydrogen) atoms. The van der Waals surface area contributed by atoms with Crippen LogP contribution in [0.3, 0.4) is 0 Å². The fraction of sp³-hybridized carbons (Fsp3) is 0. The fourth-order valence-electron chi connectivity index (χ4n) is 2.19. The van der Waals surface area contributed by atoms with Crippen molar-refractivity contribution in [1.29, 1.82) is 0 Å². The van der Waals surface area contributed by atoms with Gasteiger partial charge in [0, 0.05) is 5.69 Å². The van der Waals surface area contributed by atoms with Crippen molar-refractivity contribution in [3.63, 3.8) is 0 Å². The second-order valence-electron chi connectivity index (χ2n) is 4.60. The first-order chi connectivity index (χ1) is 9.93. The van der Waals surface area contributed by atoms with Crippen molar-refractivity contribution in [2.45, 2.75) is 0 Å². The van der Waals surface area contributed by atoms with Gasteiger partial charge in [-0.05, 0) is 18.2 Å². The smallest absolute Gasteiger partial charge is 0.387 e. The van der Waals surface area contributed by atoms with E-state index in [4.69, 9.17) is 0 Å². The van der Waals surface area contributed by atoms with E-state index >= 15 is 0 Å². The van der Waals surface area contributed by atoms with E-state index in [9.17, 15) is 0 Å². The summed E-state index contributed by atoms with van der Waals surface area (Å²) in [7, 11) is 0. The van der Waals surface area contributed by atoms with Crippen LogP contribution < -0.4 is 24.2 Å². The van der Waals surface area contributed by atoms with Crippen molar-refractivity contribution in [2.24, 2.45) is 0 Å². The van der Waals surface area contributed by atoms with Gasteiger partial charge in [0.2, 0.25) is 0 Å². The number of nitrogens with one attached hydrogen (secondary N) is 1. The van der Waals surface area contributed by atoms with E-state index in [1.165, 1.54) is 11.1 Å². The Morgan fingerprint density at radius 3 is 1.33 bits per heavy atom. The molecule has 0 heterocycles. The first-order valence-electron chi connectivity index (χ1n) is 6.73. The molecule has 0 saturated carbocycles. The summed E-state index contributed by atoms with van der Waals surface area (Å²) in [6, 6.07) is 32.2. The predicted octanol–water partition coefficient (Wildman–Crippen LogP) is 1.73. The van der Waals surface area contributed by atoms with Crippen LogP contribution in [0.25, 0.3) is 0 Å². The van der Waals surface area contributed by atoms with E-state index in [1.54, 1.807) is 0 Å². The maximum absolute atomic E-state index is 3.53. The average Bonchev–Trinajstić information content (AvgIpc) is 2.55. The van der Waals surface area contributed by atoms with E-state index in [0.29, 0.717) is 0 Å². The maximum Gasteiger partial charge on any atom is 1.00 e. The summed E-state index contributed by atoms with van der Waals surface area (Å²) in [5.41, 5.74) is 3.46. The minimum atomic E-state index is 0. The molecule has 0 aliphatic rings. The third-order valence-electron chi connectivity index (χ3n) is 3.17. The maximum atomic E-state index is 3.53. The average molecular weight is 265 g/mol. The van der Waals surface area contributed by atoms with Gasteiger partial charge in [-0.25, -0.2) is 0 Å². The van der Waals surface area contributed by atoms with Crippen molar-refractivity contribution >= 4 is 5.69 Å². The van der Waals surface area contributed by atoms with Crippen LogP contribution in [0, 0.1) is 6.04 Å². The van der Waals surface area contributed by atoms with Crippen molar-refractivity contribution in [1.82, 2.24) is 0 Å². The zero-order valence-corrected chi connectivity index (χ0v) is 12.2. The van der Waals surface area contributed by atoms with Gasteiger partial charge in [-0.15, -0.1) is 35.4 Å². The van der Waals surface area contributed by atoms with Gasteiger partial charge in [0.15, 0.2) is 0 Å². The van der Waals surface area contributed by atoms with Gasteiger partial charge in [0.05, 0.1) is 0 Å². The van der Waals surface area contributed by atoms with Crippen LogP contribution in [0.15, 0.2) is 91.0 Å². The quantitative estimate of drug-likeness (QED) is 0.559. The van der Waals surface area contributed by atoms with E-state index in [1.807, 2.05) is 30.3 Å². The molecule has 1 N–H and O–H groups in total. The molecule has 3 aromatic carbocycles. The summed E-state index contributed by atoms with van der Waals surface area (Å²) < 4.78 is 0. The molecular weight excluding hydrogens is 249 g/mol. The number of hydrogen-bond acceptors (Lipinski definition) is 1. The largest absolute Gasteiger partial charge is 1.00 e. The molecule has 0 saturated heterocycles. The molecule has 0 amide bonds. The summed E-state index contributed by atoms with van der Waals surface area (Å²) in [6.45, 7) is 0. The Balaban J connectivity index is 0.00000161. The Kier molecular flexibility index (Phi) is 5.57. The molecule has 0 aliphatic heterocycles. The first-order valence-corrected chi connectivity index (χ1v) is 6.73. The van der Waals surface area contributed by atoms with Gasteiger partial charge in [0.25, 0.3) is 0 Å².